The van der Waals surface area contributed by atoms with Crippen molar-refractivity contribution in [3.05, 3.63) is 236 Å². The van der Waals surface area contributed by atoms with Crippen molar-refractivity contribution in [1.82, 2.24) is 0 Å². The summed E-state index contributed by atoms with van der Waals surface area (Å²) in [7, 11) is 0. The van der Waals surface area contributed by atoms with Gasteiger partial charge in [-0.25, -0.2) is 0 Å². The zero-order valence-electron chi connectivity index (χ0n) is 35.2. The quantitative estimate of drug-likeness (QED) is 0.160. The Bertz CT molecular complexity index is 3490. The number of fused-ring (bicyclic) bond motifs is 8. The summed E-state index contributed by atoms with van der Waals surface area (Å²) in [4.78, 5) is 2.40. The summed E-state index contributed by atoms with van der Waals surface area (Å²) in [6.45, 7) is 4.70. The molecule has 0 aliphatic heterocycles. The molecule has 1 aromatic heterocycles. The number of hydrogen-bond acceptors (Lipinski definition) is 2. The molecule has 1 aliphatic rings. The van der Waals surface area contributed by atoms with E-state index in [-0.39, 0.29) is 5.41 Å². The molecule has 0 radical (unpaired) electrons. The third-order valence-corrected chi connectivity index (χ3v) is 13.3. The summed E-state index contributed by atoms with van der Waals surface area (Å²) in [5.41, 5.74) is 19.6. The van der Waals surface area contributed by atoms with Gasteiger partial charge in [-0.1, -0.05) is 190 Å². The second kappa shape index (κ2) is 14.6. The largest absolute Gasteiger partial charge is 0.455 e. The van der Waals surface area contributed by atoms with E-state index in [1.807, 2.05) is 0 Å². The van der Waals surface area contributed by atoms with Crippen molar-refractivity contribution in [3.63, 3.8) is 0 Å². The van der Waals surface area contributed by atoms with Gasteiger partial charge in [0.2, 0.25) is 0 Å². The van der Waals surface area contributed by atoms with E-state index in [0.717, 1.165) is 66.6 Å². The summed E-state index contributed by atoms with van der Waals surface area (Å²) >= 11 is 0. The predicted molar refractivity (Wildman–Crippen MR) is 265 cm³/mol. The SMILES string of the molecule is CC1(C)c2ccccc2-c2ccc(N(c3ccc(-c4ccccc4)cc3)c3ccc(-c4ccc5c(oc6c7ccccc7c(-c7ccccc7)cc56)c4-c4ccccc4)cc3)cc21. The molecule has 0 saturated heterocycles. The Hall–Kier alpha value is -7.94. The third kappa shape index (κ3) is 6.02. The molecule has 0 unspecified atom stereocenters. The van der Waals surface area contributed by atoms with Gasteiger partial charge in [0.05, 0.1) is 0 Å². The molecule has 0 fully saturated rings. The van der Waals surface area contributed by atoms with Crippen molar-refractivity contribution in [3.8, 4) is 55.6 Å². The normalized spacial score (nSPS) is 12.7. The molecule has 10 aromatic carbocycles. The molecule has 11 aromatic rings. The molecule has 1 heterocycles. The lowest BCUT2D eigenvalue weighted by molar-refractivity contribution is 0.660. The summed E-state index contributed by atoms with van der Waals surface area (Å²) in [5.74, 6) is 0. The fraction of sp³-hybridized carbons (Fsp3) is 0.0492. The van der Waals surface area contributed by atoms with Gasteiger partial charge < -0.3 is 9.32 Å². The molecule has 0 spiro atoms. The lowest BCUT2D eigenvalue weighted by Gasteiger charge is -2.28. The Balaban J connectivity index is 1.01. The van der Waals surface area contributed by atoms with Crippen molar-refractivity contribution in [1.29, 1.82) is 0 Å². The molecule has 0 bridgehead atoms. The highest BCUT2D eigenvalue weighted by Crippen LogP contribution is 2.51. The lowest BCUT2D eigenvalue weighted by Crippen LogP contribution is -2.16. The first-order valence-electron chi connectivity index (χ1n) is 21.8. The molecule has 12 rings (SSSR count). The van der Waals surface area contributed by atoms with Gasteiger partial charge >= 0.3 is 0 Å². The minimum absolute atomic E-state index is 0.118. The molecule has 0 amide bonds. The Morgan fingerprint density at radius 3 is 1.51 bits per heavy atom. The highest BCUT2D eigenvalue weighted by atomic mass is 16.3. The molecule has 0 saturated carbocycles. The first kappa shape index (κ1) is 36.9. The van der Waals surface area contributed by atoms with Crippen molar-refractivity contribution < 1.29 is 4.42 Å². The van der Waals surface area contributed by atoms with E-state index >= 15 is 0 Å². The van der Waals surface area contributed by atoms with Gasteiger partial charge in [0.15, 0.2) is 0 Å². The summed E-state index contributed by atoms with van der Waals surface area (Å²) in [6.07, 6.45) is 0. The fourth-order valence-electron chi connectivity index (χ4n) is 10.2. The smallest absolute Gasteiger partial charge is 0.143 e. The summed E-state index contributed by atoms with van der Waals surface area (Å²) in [6, 6.07) is 81.4. The predicted octanol–water partition coefficient (Wildman–Crippen LogP) is 17.2. The van der Waals surface area contributed by atoms with E-state index in [1.54, 1.807) is 0 Å². The van der Waals surface area contributed by atoms with Crippen LogP contribution in [0.25, 0.3) is 88.3 Å². The van der Waals surface area contributed by atoms with Crippen LogP contribution < -0.4 is 4.90 Å². The first-order chi connectivity index (χ1) is 31.0. The monoisotopic (exact) mass is 805 g/mol. The molecule has 2 heteroatoms. The molecule has 298 valence electrons. The number of anilines is 3. The van der Waals surface area contributed by atoms with Gasteiger partial charge in [-0.2, -0.15) is 0 Å². The maximum Gasteiger partial charge on any atom is 0.143 e. The van der Waals surface area contributed by atoms with Crippen molar-refractivity contribution >= 4 is 49.8 Å². The van der Waals surface area contributed by atoms with Gasteiger partial charge in [-0.3, -0.25) is 0 Å². The number of furan rings is 1. The minimum atomic E-state index is -0.118. The van der Waals surface area contributed by atoms with E-state index in [1.165, 1.54) is 49.9 Å². The van der Waals surface area contributed by atoms with Gasteiger partial charge in [-0.15, -0.1) is 0 Å². The Morgan fingerprint density at radius 2 is 0.810 bits per heavy atom. The Labute approximate surface area is 368 Å². The molecule has 2 nitrogen and oxygen atoms in total. The topological polar surface area (TPSA) is 16.4 Å². The van der Waals surface area contributed by atoms with Crippen LogP contribution in [0.1, 0.15) is 25.0 Å². The average Bonchev–Trinajstić information content (AvgIpc) is 3.84. The Morgan fingerprint density at radius 1 is 0.317 bits per heavy atom. The molecular weight excluding hydrogens is 763 g/mol. The lowest BCUT2D eigenvalue weighted by atomic mass is 9.82. The number of rotatable bonds is 7. The van der Waals surface area contributed by atoms with Crippen molar-refractivity contribution in [2.75, 3.05) is 4.90 Å². The van der Waals surface area contributed by atoms with Crippen molar-refractivity contribution in [2.24, 2.45) is 0 Å². The summed E-state index contributed by atoms with van der Waals surface area (Å²) in [5, 5.41) is 4.53. The number of hydrogen-bond donors (Lipinski definition) is 0. The number of benzene rings is 10. The van der Waals surface area contributed by atoms with Gasteiger partial charge in [-0.05, 0) is 115 Å². The zero-order valence-corrected chi connectivity index (χ0v) is 35.2. The zero-order chi connectivity index (χ0) is 42.1. The fourth-order valence-corrected chi connectivity index (χ4v) is 10.2. The van der Waals surface area contributed by atoms with E-state index in [2.05, 4.69) is 243 Å². The maximum absolute atomic E-state index is 7.09. The molecule has 63 heavy (non-hydrogen) atoms. The maximum atomic E-state index is 7.09. The highest BCUT2D eigenvalue weighted by Gasteiger charge is 2.35. The van der Waals surface area contributed by atoms with Crippen LogP contribution in [0.3, 0.4) is 0 Å². The first-order valence-corrected chi connectivity index (χ1v) is 21.8. The van der Waals surface area contributed by atoms with E-state index in [9.17, 15) is 0 Å². The highest BCUT2D eigenvalue weighted by molar-refractivity contribution is 6.21. The minimum Gasteiger partial charge on any atom is -0.455 e. The van der Waals surface area contributed by atoms with Gasteiger partial charge in [0, 0.05) is 44.2 Å². The standard InChI is InChI=1S/C61H43NO/c1-61(2)56-25-15-14-23-50(56)51-35-34-47(38-57(51)61)62(45-30-26-41(27-31-45)40-16-6-3-7-17-40)46-32-28-43(29-33-46)48-36-37-53-55-39-54(42-18-8-4-9-19-42)49-22-12-13-24-52(49)59(55)63-60(53)58(48)44-20-10-5-11-21-44/h3-39H,1-2H3. The van der Waals surface area contributed by atoms with E-state index < -0.39 is 0 Å². The van der Waals surface area contributed by atoms with Crippen LogP contribution in [0.2, 0.25) is 0 Å². The molecular formula is C61H43NO. The van der Waals surface area contributed by atoms with Crippen LogP contribution in [0.5, 0.6) is 0 Å². The van der Waals surface area contributed by atoms with Crippen LogP contribution in [0, 0.1) is 0 Å². The van der Waals surface area contributed by atoms with Gasteiger partial charge in [0.25, 0.3) is 0 Å². The summed E-state index contributed by atoms with van der Waals surface area (Å²) < 4.78 is 7.09. The van der Waals surface area contributed by atoms with Gasteiger partial charge in [0.1, 0.15) is 11.2 Å². The van der Waals surface area contributed by atoms with Crippen molar-refractivity contribution in [2.45, 2.75) is 19.3 Å². The van der Waals surface area contributed by atoms with E-state index in [0.29, 0.717) is 0 Å². The average molecular weight is 806 g/mol. The van der Waals surface area contributed by atoms with Crippen LogP contribution in [-0.2, 0) is 5.41 Å². The molecule has 0 atom stereocenters. The second-order valence-electron chi connectivity index (χ2n) is 17.2. The van der Waals surface area contributed by atoms with Crippen LogP contribution >= 0.6 is 0 Å². The molecule has 0 N–H and O–H groups in total. The van der Waals surface area contributed by atoms with Crippen LogP contribution in [0.4, 0.5) is 17.1 Å². The third-order valence-electron chi connectivity index (χ3n) is 13.3. The molecule has 1 aliphatic carbocycles. The number of nitrogens with zero attached hydrogens (tertiary/aromatic N) is 1. The Kier molecular flexibility index (Phi) is 8.55. The van der Waals surface area contributed by atoms with Crippen LogP contribution in [0.15, 0.2) is 229 Å². The van der Waals surface area contributed by atoms with E-state index in [4.69, 9.17) is 4.42 Å². The van der Waals surface area contributed by atoms with Crippen LogP contribution in [-0.4, -0.2) is 0 Å². The second-order valence-corrected chi connectivity index (χ2v) is 17.2.